The zero-order chi connectivity index (χ0) is 30.1. The van der Waals surface area contributed by atoms with E-state index in [2.05, 4.69) is 41.5 Å². The second-order valence-electron chi connectivity index (χ2n) is 14.8. The molecule has 3 aliphatic carbocycles. The van der Waals surface area contributed by atoms with Crippen LogP contribution in [0.3, 0.4) is 0 Å². The first kappa shape index (κ1) is 35.3. The van der Waals surface area contributed by atoms with Crippen molar-refractivity contribution in [1.29, 1.82) is 0 Å². The van der Waals surface area contributed by atoms with E-state index >= 15 is 0 Å². The van der Waals surface area contributed by atoms with Gasteiger partial charge in [-0.25, -0.2) is 0 Å². The normalized spacial score (nSPS) is 32.8. The fourth-order valence-electron chi connectivity index (χ4n) is 8.30. The summed E-state index contributed by atoms with van der Waals surface area (Å²) in [5.41, 5.74) is 1.65. The molecule has 0 N–H and O–H groups in total. The highest BCUT2D eigenvalue weighted by molar-refractivity contribution is 6.96. The van der Waals surface area contributed by atoms with Gasteiger partial charge in [-0.1, -0.05) is 57.8 Å². The first-order valence-corrected chi connectivity index (χ1v) is 24.4. The average molecular weight is 643 g/mol. The molecule has 0 unspecified atom stereocenters. The average Bonchev–Trinajstić information content (AvgIpc) is 2.98. The summed E-state index contributed by atoms with van der Waals surface area (Å²) in [4.78, 5) is 0. The smallest absolute Gasteiger partial charge is 0.326 e. The molecule has 1 saturated heterocycles. The minimum absolute atomic E-state index is 0.224. The molecule has 246 valence electrons. The van der Waals surface area contributed by atoms with Gasteiger partial charge in [-0.3, -0.25) is 0 Å². The van der Waals surface area contributed by atoms with Gasteiger partial charge in [0.2, 0.25) is 0 Å². The SMILES string of the molecule is CC(C)OCC[Si]1(C2CCCCC2)O[Si](CCOC(C)C)(C2CCCCC2)O[Si](CCOC(C)C)(C2CCCCC2)O1. The minimum atomic E-state index is -2.68. The Morgan fingerprint density at radius 3 is 0.881 bits per heavy atom. The van der Waals surface area contributed by atoms with E-state index in [1.807, 2.05) is 0 Å². The lowest BCUT2D eigenvalue weighted by Gasteiger charge is -2.60. The van der Waals surface area contributed by atoms with Crippen LogP contribution in [0.4, 0.5) is 0 Å². The van der Waals surface area contributed by atoms with Crippen molar-refractivity contribution in [2.24, 2.45) is 0 Å². The molecule has 0 aromatic carbocycles. The first-order valence-electron chi connectivity index (χ1n) is 18.1. The largest absolute Gasteiger partial charge is 0.415 e. The highest BCUT2D eigenvalue weighted by Gasteiger charge is 2.68. The quantitative estimate of drug-likeness (QED) is 0.166. The van der Waals surface area contributed by atoms with E-state index in [9.17, 15) is 0 Å². The highest BCUT2D eigenvalue weighted by atomic mass is 28.5. The van der Waals surface area contributed by atoms with Crippen LogP contribution in [-0.4, -0.2) is 63.8 Å². The maximum absolute atomic E-state index is 7.95. The second-order valence-corrected chi connectivity index (χ2v) is 26.0. The summed E-state index contributed by atoms with van der Waals surface area (Å²) in [5, 5.41) is 0. The molecule has 4 rings (SSSR count). The van der Waals surface area contributed by atoms with Crippen molar-refractivity contribution in [1.82, 2.24) is 0 Å². The molecular formula is C33H66O6Si3. The van der Waals surface area contributed by atoms with Gasteiger partial charge in [0.25, 0.3) is 0 Å². The van der Waals surface area contributed by atoms with E-state index in [0.717, 1.165) is 38.0 Å². The third kappa shape index (κ3) is 9.47. The van der Waals surface area contributed by atoms with Gasteiger partial charge >= 0.3 is 25.7 Å². The van der Waals surface area contributed by atoms with Crippen molar-refractivity contribution in [3.63, 3.8) is 0 Å². The van der Waals surface area contributed by atoms with Crippen molar-refractivity contribution < 1.29 is 26.6 Å². The Kier molecular flexibility index (Phi) is 14.1. The van der Waals surface area contributed by atoms with Gasteiger partial charge in [0.15, 0.2) is 0 Å². The van der Waals surface area contributed by atoms with Crippen molar-refractivity contribution in [2.45, 2.75) is 191 Å². The molecule has 9 heteroatoms. The molecular weight excluding hydrogens is 577 g/mol. The maximum atomic E-state index is 7.95. The Morgan fingerprint density at radius 2 is 0.667 bits per heavy atom. The number of hydrogen-bond acceptors (Lipinski definition) is 6. The molecule has 1 aliphatic heterocycles. The standard InChI is InChI=1S/C33H66O6Si3/c1-28(2)34-22-25-40(31-16-10-7-11-17-31)37-41(26-23-35-29(3)4,32-18-12-8-13-19-32)39-42(38-40,27-24-36-30(5)6)33-20-14-9-15-21-33/h28-33H,7-27H2,1-6H3. The van der Waals surface area contributed by atoms with Crippen molar-refractivity contribution in [2.75, 3.05) is 19.8 Å². The molecule has 4 fully saturated rings. The molecule has 1 heterocycles. The molecule has 42 heavy (non-hydrogen) atoms. The Balaban J connectivity index is 1.81. The third-order valence-electron chi connectivity index (χ3n) is 10.4. The van der Waals surface area contributed by atoms with Crippen LogP contribution in [0.1, 0.15) is 138 Å². The number of rotatable bonds is 15. The van der Waals surface area contributed by atoms with E-state index in [1.165, 1.54) is 96.3 Å². The van der Waals surface area contributed by atoms with Gasteiger partial charge in [-0.2, -0.15) is 0 Å². The lowest BCUT2D eigenvalue weighted by molar-refractivity contribution is 0.0692. The van der Waals surface area contributed by atoms with Crippen molar-refractivity contribution >= 4 is 25.7 Å². The van der Waals surface area contributed by atoms with Crippen LogP contribution < -0.4 is 0 Å². The molecule has 0 aromatic heterocycles. The molecule has 0 bridgehead atoms. The van der Waals surface area contributed by atoms with Crippen LogP contribution in [0.25, 0.3) is 0 Å². The maximum Gasteiger partial charge on any atom is 0.326 e. The summed E-state index contributed by atoms with van der Waals surface area (Å²) < 4.78 is 42.8. The fraction of sp³-hybridized carbons (Fsp3) is 1.00. The highest BCUT2D eigenvalue weighted by Crippen LogP contribution is 2.56. The van der Waals surface area contributed by atoms with Gasteiger partial charge in [-0.05, 0) is 80.1 Å². The zero-order valence-corrected chi connectivity index (χ0v) is 31.3. The van der Waals surface area contributed by atoms with Gasteiger partial charge in [0.1, 0.15) is 0 Å². The summed E-state index contributed by atoms with van der Waals surface area (Å²) >= 11 is 0. The van der Waals surface area contributed by atoms with Crippen LogP contribution in [0, 0.1) is 0 Å². The molecule has 0 spiro atoms. The third-order valence-corrected chi connectivity index (χ3v) is 26.9. The van der Waals surface area contributed by atoms with E-state index < -0.39 is 25.7 Å². The Labute approximate surface area is 262 Å². The summed E-state index contributed by atoms with van der Waals surface area (Å²) in [6, 6.07) is 2.87. The first-order chi connectivity index (χ1) is 20.2. The molecule has 0 aromatic rings. The fourth-order valence-corrected chi connectivity index (χ4v) is 29.7. The summed E-state index contributed by atoms with van der Waals surface area (Å²) in [5.74, 6) is 0. The topological polar surface area (TPSA) is 55.4 Å². The summed E-state index contributed by atoms with van der Waals surface area (Å²) in [6.07, 6.45) is 20.1. The molecule has 0 amide bonds. The Hall–Kier alpha value is 0.411. The van der Waals surface area contributed by atoms with E-state index in [-0.39, 0.29) is 18.3 Å². The van der Waals surface area contributed by atoms with E-state index in [0.29, 0.717) is 16.6 Å². The van der Waals surface area contributed by atoms with E-state index in [4.69, 9.17) is 26.6 Å². The molecule has 4 aliphatic rings. The summed E-state index contributed by atoms with van der Waals surface area (Å²) in [7, 11) is -8.04. The lowest BCUT2D eigenvalue weighted by atomic mass is 10.0. The predicted molar refractivity (Wildman–Crippen MR) is 179 cm³/mol. The van der Waals surface area contributed by atoms with Crippen molar-refractivity contribution in [3.05, 3.63) is 0 Å². The van der Waals surface area contributed by atoms with Crippen LogP contribution in [0.15, 0.2) is 0 Å². The Bertz CT molecular complexity index is 657. The number of ether oxygens (including phenoxy) is 3. The minimum Gasteiger partial charge on any atom is -0.415 e. The van der Waals surface area contributed by atoms with Crippen LogP contribution in [0.5, 0.6) is 0 Å². The van der Waals surface area contributed by atoms with E-state index in [1.54, 1.807) is 0 Å². The molecule has 6 nitrogen and oxygen atoms in total. The zero-order valence-electron chi connectivity index (χ0n) is 28.3. The second kappa shape index (κ2) is 16.8. The molecule has 0 radical (unpaired) electrons. The van der Waals surface area contributed by atoms with Gasteiger partial charge < -0.3 is 26.6 Å². The molecule has 3 saturated carbocycles. The predicted octanol–water partition coefficient (Wildman–Crippen LogP) is 9.65. The van der Waals surface area contributed by atoms with Gasteiger partial charge in [0, 0.05) is 54.6 Å². The van der Waals surface area contributed by atoms with Crippen molar-refractivity contribution in [3.8, 4) is 0 Å². The summed E-state index contributed by atoms with van der Waals surface area (Å²) in [6.45, 7) is 15.2. The van der Waals surface area contributed by atoms with Gasteiger partial charge in [0.05, 0.1) is 18.3 Å². The van der Waals surface area contributed by atoms with Gasteiger partial charge in [-0.15, -0.1) is 0 Å². The molecule has 0 atom stereocenters. The van der Waals surface area contributed by atoms with Crippen LogP contribution in [-0.2, 0) is 26.6 Å². The van der Waals surface area contributed by atoms with Crippen LogP contribution in [0.2, 0.25) is 34.8 Å². The monoisotopic (exact) mass is 642 g/mol. The number of hydrogen-bond donors (Lipinski definition) is 0. The Morgan fingerprint density at radius 1 is 0.429 bits per heavy atom. The lowest BCUT2D eigenvalue weighted by Crippen LogP contribution is -2.74. The van der Waals surface area contributed by atoms with Crippen LogP contribution >= 0.6 is 0 Å².